The van der Waals surface area contributed by atoms with Crippen LogP contribution < -0.4 is 4.74 Å². The van der Waals surface area contributed by atoms with Gasteiger partial charge in [-0.1, -0.05) is 11.8 Å². The zero-order valence-corrected chi connectivity index (χ0v) is 15.8. The lowest BCUT2D eigenvalue weighted by molar-refractivity contribution is -0.137. The summed E-state index contributed by atoms with van der Waals surface area (Å²) in [6, 6.07) is 6.89. The molecular formula is C19H16F2N2O4S. The number of imidazole rings is 1. The van der Waals surface area contributed by atoms with Crippen molar-refractivity contribution < 1.29 is 28.2 Å². The molecule has 3 rings (SSSR count). The lowest BCUT2D eigenvalue weighted by atomic mass is 10.1. The molecule has 1 aromatic heterocycles. The Kier molecular flexibility index (Phi) is 5.64. The van der Waals surface area contributed by atoms with Crippen LogP contribution >= 0.6 is 11.8 Å². The summed E-state index contributed by atoms with van der Waals surface area (Å²) >= 11 is 1.18. The number of benzene rings is 2. The van der Waals surface area contributed by atoms with Crippen molar-refractivity contribution in [1.29, 1.82) is 0 Å². The van der Waals surface area contributed by atoms with E-state index in [4.69, 9.17) is 4.74 Å². The van der Waals surface area contributed by atoms with Crippen LogP contribution in [0.4, 0.5) is 8.78 Å². The molecule has 146 valence electrons. The third-order valence-electron chi connectivity index (χ3n) is 4.09. The van der Waals surface area contributed by atoms with Crippen LogP contribution in [0.25, 0.3) is 11.0 Å². The number of aromatic nitrogens is 2. The lowest BCUT2D eigenvalue weighted by Crippen LogP contribution is -2.10. The van der Waals surface area contributed by atoms with Gasteiger partial charge in [0.25, 0.3) is 0 Å². The number of methoxy groups -OCH3 is 1. The molecule has 0 spiro atoms. The number of hydrogen-bond acceptors (Lipinski definition) is 5. The van der Waals surface area contributed by atoms with Gasteiger partial charge < -0.3 is 14.4 Å². The Morgan fingerprint density at radius 3 is 2.57 bits per heavy atom. The highest BCUT2D eigenvalue weighted by Gasteiger charge is 2.18. The fraction of sp³-hybridized carbons (Fsp3) is 0.211. The lowest BCUT2D eigenvalue weighted by Gasteiger charge is -2.10. The number of halogens is 2. The number of hydrogen-bond donors (Lipinski definition) is 1. The molecule has 0 unspecified atom stereocenters. The summed E-state index contributed by atoms with van der Waals surface area (Å²) in [5.41, 5.74) is 1.58. The van der Waals surface area contributed by atoms with Gasteiger partial charge in [0.1, 0.15) is 12.3 Å². The number of carbonyl (C=O) groups is 2. The van der Waals surface area contributed by atoms with Crippen LogP contribution in [0.15, 0.2) is 35.5 Å². The first-order chi connectivity index (χ1) is 13.3. The van der Waals surface area contributed by atoms with Crippen LogP contribution in [0.1, 0.15) is 22.8 Å². The molecule has 0 aliphatic rings. The van der Waals surface area contributed by atoms with Gasteiger partial charge in [0.15, 0.2) is 22.6 Å². The van der Waals surface area contributed by atoms with Gasteiger partial charge in [-0.25, -0.2) is 13.8 Å². The maximum atomic E-state index is 13.6. The van der Waals surface area contributed by atoms with Gasteiger partial charge in [0, 0.05) is 29.0 Å². The first-order valence-corrected chi connectivity index (χ1v) is 9.16. The van der Waals surface area contributed by atoms with Gasteiger partial charge in [-0.05, 0) is 25.1 Å². The van der Waals surface area contributed by atoms with Crippen molar-refractivity contribution in [1.82, 2.24) is 9.55 Å². The second kappa shape index (κ2) is 7.97. The molecule has 1 N–H and O–H groups in total. The molecule has 0 aliphatic heterocycles. The summed E-state index contributed by atoms with van der Waals surface area (Å²) in [7, 11) is 1.50. The third kappa shape index (κ3) is 3.99. The minimum Gasteiger partial charge on any atom is -0.496 e. The Morgan fingerprint density at radius 2 is 1.93 bits per heavy atom. The second-order valence-corrected chi connectivity index (χ2v) is 6.94. The standard InChI is InChI=1S/C19H16F2N2O4S/c1-10(24)11-3-4-17(27-2)12(5-11)9-28-19-22-15-6-13(20)14(21)7-16(15)23(19)8-18(25)26/h3-7H,8-9H2,1-2H3,(H,25,26). The van der Waals surface area contributed by atoms with Crippen LogP contribution in [0.5, 0.6) is 5.75 Å². The first kappa shape index (κ1) is 19.8. The predicted molar refractivity (Wildman–Crippen MR) is 99.8 cm³/mol. The molecule has 0 saturated heterocycles. The minimum absolute atomic E-state index is 0.0991. The SMILES string of the molecule is COc1ccc(C(C)=O)cc1CSc1nc2cc(F)c(F)cc2n1CC(=O)O. The number of Topliss-reactive ketones (excluding diaryl/α,β-unsaturated/α-hetero) is 1. The Hall–Kier alpha value is -2.94. The van der Waals surface area contributed by atoms with Crippen LogP contribution in [0, 0.1) is 11.6 Å². The Bertz CT molecular complexity index is 1080. The number of nitrogens with zero attached hydrogens (tertiary/aromatic N) is 2. The fourth-order valence-electron chi connectivity index (χ4n) is 2.75. The predicted octanol–water partition coefficient (Wildman–Crippen LogP) is 3.90. The molecule has 0 radical (unpaired) electrons. The van der Waals surface area contributed by atoms with E-state index in [-0.39, 0.29) is 22.0 Å². The smallest absolute Gasteiger partial charge is 0.323 e. The number of ether oxygens (including phenoxy) is 1. The van der Waals surface area contributed by atoms with Gasteiger partial charge in [-0.15, -0.1) is 0 Å². The summed E-state index contributed by atoms with van der Waals surface area (Å²) in [4.78, 5) is 27.1. The molecule has 0 fully saturated rings. The van der Waals surface area contributed by atoms with E-state index >= 15 is 0 Å². The van der Waals surface area contributed by atoms with Crippen molar-refractivity contribution in [2.45, 2.75) is 24.4 Å². The van der Waals surface area contributed by atoms with E-state index in [9.17, 15) is 23.5 Å². The zero-order valence-electron chi connectivity index (χ0n) is 15.0. The number of carboxylic acids is 1. The number of fused-ring (bicyclic) bond motifs is 1. The van der Waals surface area contributed by atoms with E-state index in [1.807, 2.05) is 0 Å². The summed E-state index contributed by atoms with van der Waals surface area (Å²) in [6.45, 7) is 1.00. The molecule has 0 amide bonds. The number of carboxylic acid groups (broad SMARTS) is 1. The molecule has 0 atom stereocenters. The van der Waals surface area contributed by atoms with Crippen molar-refractivity contribution in [2.75, 3.05) is 7.11 Å². The quantitative estimate of drug-likeness (QED) is 0.473. The van der Waals surface area contributed by atoms with Gasteiger partial charge >= 0.3 is 5.97 Å². The van der Waals surface area contributed by atoms with Crippen molar-refractivity contribution in [3.63, 3.8) is 0 Å². The summed E-state index contributed by atoms with van der Waals surface area (Å²) in [5.74, 6) is -2.49. The number of ketones is 1. The molecule has 2 aromatic carbocycles. The number of rotatable bonds is 7. The van der Waals surface area contributed by atoms with Crippen molar-refractivity contribution >= 4 is 34.5 Å². The average molecular weight is 406 g/mol. The van der Waals surface area contributed by atoms with Gasteiger partial charge in [-0.2, -0.15) is 0 Å². The van der Waals surface area contributed by atoms with Crippen molar-refractivity contribution in [3.8, 4) is 5.75 Å². The highest BCUT2D eigenvalue weighted by molar-refractivity contribution is 7.98. The normalized spacial score (nSPS) is 11.0. The largest absolute Gasteiger partial charge is 0.496 e. The fourth-order valence-corrected chi connectivity index (χ4v) is 3.74. The Morgan fingerprint density at radius 1 is 1.21 bits per heavy atom. The van der Waals surface area contributed by atoms with Crippen LogP contribution in [0.3, 0.4) is 0 Å². The topological polar surface area (TPSA) is 81.4 Å². The van der Waals surface area contributed by atoms with E-state index in [1.54, 1.807) is 18.2 Å². The molecule has 28 heavy (non-hydrogen) atoms. The maximum absolute atomic E-state index is 13.6. The van der Waals surface area contributed by atoms with Crippen LogP contribution in [-0.2, 0) is 17.1 Å². The summed E-state index contributed by atoms with van der Waals surface area (Å²) < 4.78 is 33.8. The van der Waals surface area contributed by atoms with Crippen molar-refractivity contribution in [3.05, 3.63) is 53.1 Å². The summed E-state index contributed by atoms with van der Waals surface area (Å²) in [6.07, 6.45) is 0. The minimum atomic E-state index is -1.14. The second-order valence-electron chi connectivity index (χ2n) is 6.00. The van der Waals surface area contributed by atoms with E-state index in [0.29, 0.717) is 22.6 Å². The zero-order chi connectivity index (χ0) is 20.4. The molecule has 6 nitrogen and oxygen atoms in total. The molecule has 3 aromatic rings. The van der Waals surface area contributed by atoms with Crippen molar-refractivity contribution in [2.24, 2.45) is 0 Å². The highest BCUT2D eigenvalue weighted by atomic mass is 32.2. The molecule has 1 heterocycles. The Balaban J connectivity index is 1.99. The third-order valence-corrected chi connectivity index (χ3v) is 5.12. The number of carbonyl (C=O) groups excluding carboxylic acids is 1. The summed E-state index contributed by atoms with van der Waals surface area (Å²) in [5, 5.41) is 9.46. The number of thioether (sulfide) groups is 1. The van der Waals surface area contributed by atoms with E-state index in [0.717, 1.165) is 12.1 Å². The van der Waals surface area contributed by atoms with E-state index < -0.39 is 24.1 Å². The molecular weight excluding hydrogens is 390 g/mol. The van der Waals surface area contributed by atoms with Gasteiger partial charge in [0.2, 0.25) is 0 Å². The van der Waals surface area contributed by atoms with Gasteiger partial charge in [-0.3, -0.25) is 9.59 Å². The molecule has 0 bridgehead atoms. The highest BCUT2D eigenvalue weighted by Crippen LogP contribution is 2.31. The Labute approximate surface area is 163 Å². The van der Waals surface area contributed by atoms with Crippen LogP contribution in [0.2, 0.25) is 0 Å². The first-order valence-electron chi connectivity index (χ1n) is 8.18. The molecule has 0 aliphatic carbocycles. The average Bonchev–Trinajstić information content (AvgIpc) is 2.96. The number of aliphatic carboxylic acids is 1. The molecule has 9 heteroatoms. The van der Waals surface area contributed by atoms with E-state index in [2.05, 4.69) is 4.98 Å². The monoisotopic (exact) mass is 406 g/mol. The maximum Gasteiger partial charge on any atom is 0.323 e. The van der Waals surface area contributed by atoms with Gasteiger partial charge in [0.05, 0.1) is 18.1 Å². The molecule has 0 saturated carbocycles. The van der Waals surface area contributed by atoms with E-state index in [1.165, 1.54) is 30.4 Å². The van der Waals surface area contributed by atoms with Crippen LogP contribution in [-0.4, -0.2) is 33.5 Å².